The van der Waals surface area contributed by atoms with E-state index in [0.717, 1.165) is 23.8 Å². The number of hydrogen-bond acceptors (Lipinski definition) is 2. The van der Waals surface area contributed by atoms with Crippen molar-refractivity contribution in [2.75, 3.05) is 26.2 Å². The van der Waals surface area contributed by atoms with Gasteiger partial charge in [-0.2, -0.15) is 0 Å². The van der Waals surface area contributed by atoms with Gasteiger partial charge in [-0.05, 0) is 75.8 Å². The first-order chi connectivity index (χ1) is 8.83. The van der Waals surface area contributed by atoms with E-state index in [9.17, 15) is 0 Å². The second-order valence-corrected chi connectivity index (χ2v) is 7.03. The summed E-state index contributed by atoms with van der Waals surface area (Å²) in [5.74, 6) is 3.04. The highest BCUT2D eigenvalue weighted by Crippen LogP contribution is 2.44. The molecule has 2 nitrogen and oxygen atoms in total. The van der Waals surface area contributed by atoms with Crippen LogP contribution in [-0.2, 0) is 0 Å². The topological polar surface area (TPSA) is 15.3 Å². The first-order valence-corrected chi connectivity index (χ1v) is 8.28. The van der Waals surface area contributed by atoms with Crippen LogP contribution in [-0.4, -0.2) is 37.1 Å². The Balaban J connectivity index is 1.35. The smallest absolute Gasteiger partial charge is 0.0124 e. The Hall–Kier alpha value is -0.0800. The van der Waals surface area contributed by atoms with Gasteiger partial charge in [0.05, 0.1) is 0 Å². The quantitative estimate of drug-likeness (QED) is 0.780. The molecule has 2 heteroatoms. The summed E-state index contributed by atoms with van der Waals surface area (Å²) >= 11 is 0. The molecule has 1 N–H and O–H groups in total. The SMILES string of the molecule is CC1CCCN(CCNC(C2CC2)C2CC2)CC1. The van der Waals surface area contributed by atoms with Gasteiger partial charge in [0.1, 0.15) is 0 Å². The Kier molecular flexibility index (Phi) is 4.25. The van der Waals surface area contributed by atoms with E-state index in [1.807, 2.05) is 0 Å². The molecule has 0 aromatic heterocycles. The Morgan fingerprint density at radius 1 is 1.00 bits per heavy atom. The maximum Gasteiger partial charge on any atom is 0.0124 e. The zero-order valence-corrected chi connectivity index (χ0v) is 12.0. The number of nitrogens with zero attached hydrogens (tertiary/aromatic N) is 1. The van der Waals surface area contributed by atoms with Gasteiger partial charge in [-0.3, -0.25) is 0 Å². The van der Waals surface area contributed by atoms with Gasteiger partial charge in [-0.1, -0.05) is 6.92 Å². The molecule has 0 aromatic carbocycles. The fourth-order valence-corrected chi connectivity index (χ4v) is 3.56. The number of nitrogens with one attached hydrogen (secondary N) is 1. The molecule has 104 valence electrons. The third-order valence-electron chi connectivity index (χ3n) is 5.18. The summed E-state index contributed by atoms with van der Waals surface area (Å²) in [5, 5.41) is 3.88. The summed E-state index contributed by atoms with van der Waals surface area (Å²) in [4.78, 5) is 2.69. The van der Waals surface area contributed by atoms with Crippen LogP contribution in [0, 0.1) is 17.8 Å². The molecule has 3 aliphatic rings. The largest absolute Gasteiger partial charge is 0.312 e. The van der Waals surface area contributed by atoms with Gasteiger partial charge >= 0.3 is 0 Å². The maximum absolute atomic E-state index is 3.88. The molecular formula is C16H30N2. The molecule has 1 saturated heterocycles. The van der Waals surface area contributed by atoms with Crippen LogP contribution < -0.4 is 5.32 Å². The Morgan fingerprint density at radius 2 is 1.72 bits per heavy atom. The molecule has 1 heterocycles. The van der Waals surface area contributed by atoms with Gasteiger partial charge < -0.3 is 10.2 Å². The number of likely N-dealkylation sites (tertiary alicyclic amines) is 1. The lowest BCUT2D eigenvalue weighted by Gasteiger charge is -2.23. The molecule has 1 atom stereocenters. The summed E-state index contributed by atoms with van der Waals surface area (Å²) in [5.41, 5.74) is 0. The van der Waals surface area contributed by atoms with Crippen molar-refractivity contribution in [2.24, 2.45) is 17.8 Å². The average molecular weight is 250 g/mol. The minimum atomic E-state index is 0.885. The van der Waals surface area contributed by atoms with Crippen molar-refractivity contribution in [3.63, 3.8) is 0 Å². The van der Waals surface area contributed by atoms with Gasteiger partial charge in [-0.15, -0.1) is 0 Å². The molecule has 0 bridgehead atoms. The first-order valence-electron chi connectivity index (χ1n) is 8.28. The standard InChI is InChI=1S/C16H30N2/c1-13-3-2-10-18(11-8-13)12-9-17-16(14-4-5-14)15-6-7-15/h13-17H,2-12H2,1H3. The lowest BCUT2D eigenvalue weighted by molar-refractivity contribution is 0.270. The zero-order valence-electron chi connectivity index (χ0n) is 12.0. The molecule has 18 heavy (non-hydrogen) atoms. The average Bonchev–Trinajstić information content (AvgIpc) is 3.20. The zero-order chi connectivity index (χ0) is 12.4. The van der Waals surface area contributed by atoms with Crippen molar-refractivity contribution in [3.8, 4) is 0 Å². The van der Waals surface area contributed by atoms with Gasteiger partial charge in [0.15, 0.2) is 0 Å². The molecule has 3 rings (SSSR count). The van der Waals surface area contributed by atoms with Crippen molar-refractivity contribution in [1.82, 2.24) is 10.2 Å². The van der Waals surface area contributed by atoms with Gasteiger partial charge in [0, 0.05) is 19.1 Å². The fourth-order valence-electron chi connectivity index (χ4n) is 3.56. The summed E-state index contributed by atoms with van der Waals surface area (Å²) < 4.78 is 0. The van der Waals surface area contributed by atoms with Crippen molar-refractivity contribution in [3.05, 3.63) is 0 Å². The van der Waals surface area contributed by atoms with E-state index in [1.54, 1.807) is 0 Å². The predicted octanol–water partition coefficient (Wildman–Crippen LogP) is 2.89. The van der Waals surface area contributed by atoms with Crippen molar-refractivity contribution < 1.29 is 0 Å². The normalized spacial score (nSPS) is 30.7. The third-order valence-corrected chi connectivity index (χ3v) is 5.18. The van der Waals surface area contributed by atoms with E-state index in [4.69, 9.17) is 0 Å². The van der Waals surface area contributed by atoms with Crippen LogP contribution >= 0.6 is 0 Å². The maximum atomic E-state index is 3.88. The van der Waals surface area contributed by atoms with Crippen LogP contribution in [0.15, 0.2) is 0 Å². The Morgan fingerprint density at radius 3 is 2.39 bits per heavy atom. The van der Waals surface area contributed by atoms with Crippen molar-refractivity contribution in [1.29, 1.82) is 0 Å². The predicted molar refractivity (Wildman–Crippen MR) is 76.7 cm³/mol. The Labute approximate surface area is 113 Å². The van der Waals surface area contributed by atoms with Crippen LogP contribution in [0.2, 0.25) is 0 Å². The lowest BCUT2D eigenvalue weighted by Crippen LogP contribution is -2.39. The van der Waals surface area contributed by atoms with Crippen LogP contribution in [0.5, 0.6) is 0 Å². The van der Waals surface area contributed by atoms with Crippen molar-refractivity contribution in [2.45, 2.75) is 57.9 Å². The first kappa shape index (κ1) is 12.9. The van der Waals surface area contributed by atoms with Crippen LogP contribution in [0.1, 0.15) is 51.9 Å². The monoisotopic (exact) mass is 250 g/mol. The lowest BCUT2D eigenvalue weighted by atomic mass is 10.0. The molecule has 0 amide bonds. The number of rotatable bonds is 6. The molecule has 0 radical (unpaired) electrons. The molecule has 0 aromatic rings. The molecule has 1 aliphatic heterocycles. The second-order valence-electron chi connectivity index (χ2n) is 7.03. The highest BCUT2D eigenvalue weighted by atomic mass is 15.1. The van der Waals surface area contributed by atoms with Gasteiger partial charge in [-0.25, -0.2) is 0 Å². The minimum absolute atomic E-state index is 0.885. The second kappa shape index (κ2) is 5.92. The van der Waals surface area contributed by atoms with Crippen molar-refractivity contribution >= 4 is 0 Å². The highest BCUT2D eigenvalue weighted by molar-refractivity contribution is 4.96. The van der Waals surface area contributed by atoms with E-state index >= 15 is 0 Å². The molecular weight excluding hydrogens is 220 g/mol. The van der Waals surface area contributed by atoms with Gasteiger partial charge in [0.25, 0.3) is 0 Å². The highest BCUT2D eigenvalue weighted by Gasteiger charge is 2.40. The van der Waals surface area contributed by atoms with E-state index in [-0.39, 0.29) is 0 Å². The summed E-state index contributed by atoms with van der Waals surface area (Å²) in [6.07, 6.45) is 10.2. The minimum Gasteiger partial charge on any atom is -0.312 e. The Bertz CT molecular complexity index is 246. The molecule has 3 fully saturated rings. The third kappa shape index (κ3) is 3.71. The fraction of sp³-hybridized carbons (Fsp3) is 1.00. The molecule has 1 unspecified atom stereocenters. The summed E-state index contributed by atoms with van der Waals surface area (Å²) in [6.45, 7) is 7.59. The van der Waals surface area contributed by atoms with E-state index < -0.39 is 0 Å². The van der Waals surface area contributed by atoms with Crippen LogP contribution in [0.3, 0.4) is 0 Å². The van der Waals surface area contributed by atoms with Crippen LogP contribution in [0.4, 0.5) is 0 Å². The molecule has 2 saturated carbocycles. The summed E-state index contributed by atoms with van der Waals surface area (Å²) in [6, 6.07) is 0.885. The van der Waals surface area contributed by atoms with E-state index in [2.05, 4.69) is 17.1 Å². The van der Waals surface area contributed by atoms with Crippen LogP contribution in [0.25, 0.3) is 0 Å². The molecule has 0 spiro atoms. The van der Waals surface area contributed by atoms with E-state index in [1.165, 1.54) is 71.1 Å². The number of hydrogen-bond donors (Lipinski definition) is 1. The summed E-state index contributed by atoms with van der Waals surface area (Å²) in [7, 11) is 0. The molecule has 2 aliphatic carbocycles. The van der Waals surface area contributed by atoms with E-state index in [0.29, 0.717) is 0 Å². The van der Waals surface area contributed by atoms with Gasteiger partial charge in [0.2, 0.25) is 0 Å².